The van der Waals surface area contributed by atoms with Gasteiger partial charge in [0.05, 0.1) is 11.3 Å². The third kappa shape index (κ3) is 4.05. The summed E-state index contributed by atoms with van der Waals surface area (Å²) in [6.45, 7) is 0. The van der Waals surface area contributed by atoms with E-state index in [1.807, 2.05) is 0 Å². The molecule has 1 heterocycles. The average Bonchev–Trinajstić information content (AvgIpc) is 2.91. The molecule has 6 heteroatoms. The molecule has 0 saturated carbocycles. The molecule has 3 rings (SSSR count). The fourth-order valence-electron chi connectivity index (χ4n) is 2.23. The Morgan fingerprint density at radius 1 is 1.00 bits per heavy atom. The Morgan fingerprint density at radius 2 is 1.68 bits per heavy atom. The summed E-state index contributed by atoms with van der Waals surface area (Å²) in [4.78, 5) is 34.7. The second kappa shape index (κ2) is 7.19. The normalized spacial score (nSPS) is 15.8. The van der Waals surface area contributed by atoms with Crippen molar-refractivity contribution in [3.8, 4) is 5.75 Å². The summed E-state index contributed by atoms with van der Waals surface area (Å²) in [6, 6.07) is 13.5. The molecule has 0 aliphatic carbocycles. The number of rotatable bonds is 4. The second-order valence-electron chi connectivity index (χ2n) is 5.24. The topological polar surface area (TPSA) is 83.5 Å². The number of hydrogen-bond acceptors (Lipinski definition) is 5. The number of hydrogen-bond donors (Lipinski definition) is 2. The highest BCUT2D eigenvalue weighted by molar-refractivity contribution is 8.27. The number of allylic oxidation sites excluding steroid dienone is 1. The molecule has 1 saturated heterocycles. The second-order valence-corrected chi connectivity index (χ2v) is 6.19. The van der Waals surface area contributed by atoms with E-state index >= 15 is 0 Å². The van der Waals surface area contributed by atoms with E-state index in [0.717, 1.165) is 11.1 Å². The van der Waals surface area contributed by atoms with Crippen LogP contribution in [0.25, 0.3) is 12.2 Å². The zero-order chi connectivity index (χ0) is 17.8. The van der Waals surface area contributed by atoms with Gasteiger partial charge in [-0.05, 0) is 35.4 Å². The van der Waals surface area contributed by atoms with Crippen LogP contribution in [0, 0.1) is 0 Å². The van der Waals surface area contributed by atoms with E-state index in [-0.39, 0.29) is 33.1 Å². The Morgan fingerprint density at radius 3 is 2.32 bits per heavy atom. The lowest BCUT2D eigenvalue weighted by molar-refractivity contribution is -0.107. The maximum atomic E-state index is 12.1. The Balaban J connectivity index is 1.72. The monoisotopic (exact) mass is 351 g/mol. The first kappa shape index (κ1) is 16.7. The number of aromatic hydroxyl groups is 1. The van der Waals surface area contributed by atoms with E-state index in [1.165, 1.54) is 12.1 Å². The molecule has 0 atom stereocenters. The summed E-state index contributed by atoms with van der Waals surface area (Å²) < 4.78 is 0. The number of ketones is 1. The van der Waals surface area contributed by atoms with Crippen LogP contribution in [0.4, 0.5) is 4.79 Å². The van der Waals surface area contributed by atoms with Crippen molar-refractivity contribution in [2.45, 2.75) is 0 Å². The maximum Gasteiger partial charge on any atom is 0.291 e. The molecule has 1 aliphatic heterocycles. The van der Waals surface area contributed by atoms with Crippen LogP contribution in [0.15, 0.2) is 60.3 Å². The van der Waals surface area contributed by atoms with Gasteiger partial charge in [-0.15, -0.1) is 0 Å². The average molecular weight is 351 g/mol. The van der Waals surface area contributed by atoms with E-state index in [9.17, 15) is 19.5 Å². The molecule has 5 nitrogen and oxygen atoms in total. The van der Waals surface area contributed by atoms with Crippen molar-refractivity contribution >= 4 is 40.1 Å². The van der Waals surface area contributed by atoms with Crippen LogP contribution in [0.1, 0.15) is 21.5 Å². The first-order valence-electron chi connectivity index (χ1n) is 7.38. The molecule has 0 spiro atoms. The van der Waals surface area contributed by atoms with E-state index in [4.69, 9.17) is 0 Å². The molecule has 1 fully saturated rings. The number of nitrogens with one attached hydrogen (secondary N) is 1. The van der Waals surface area contributed by atoms with E-state index in [1.54, 1.807) is 54.6 Å². The van der Waals surface area contributed by atoms with Crippen LogP contribution in [-0.4, -0.2) is 21.2 Å². The van der Waals surface area contributed by atoms with E-state index < -0.39 is 0 Å². The molecule has 1 amide bonds. The molecule has 0 aromatic heterocycles. The maximum absolute atomic E-state index is 12.1. The largest absolute Gasteiger partial charge is 0.507 e. The van der Waals surface area contributed by atoms with Gasteiger partial charge in [0, 0.05) is 11.8 Å². The minimum Gasteiger partial charge on any atom is -0.507 e. The number of para-hydroxylation sites is 1. The van der Waals surface area contributed by atoms with Gasteiger partial charge in [-0.3, -0.25) is 14.4 Å². The fraction of sp³-hybridized carbons (Fsp3) is 0. The highest BCUT2D eigenvalue weighted by Crippen LogP contribution is 2.21. The van der Waals surface area contributed by atoms with E-state index in [2.05, 4.69) is 5.32 Å². The van der Waals surface area contributed by atoms with Crippen LogP contribution < -0.4 is 5.32 Å². The van der Waals surface area contributed by atoms with Crippen molar-refractivity contribution in [2.75, 3.05) is 0 Å². The van der Waals surface area contributed by atoms with Gasteiger partial charge < -0.3 is 10.4 Å². The fourth-order valence-corrected chi connectivity index (χ4v) is 2.78. The van der Waals surface area contributed by atoms with Crippen molar-refractivity contribution in [1.29, 1.82) is 0 Å². The number of carbonyl (C=O) groups is 3. The smallest absolute Gasteiger partial charge is 0.291 e. The molecule has 2 aromatic rings. The minimum atomic E-state index is -0.376. The minimum absolute atomic E-state index is 0.0553. The standard InChI is InChI=1S/C19H13NO4S/c21-16-4-2-1-3-14(16)17(22)10-9-12-5-7-13(8-6-12)11-15-18(23)25-19(24)20-15/h1-11,21H,(H,20,24)/b10-9+,15-11?. The number of amides is 1. The van der Waals surface area contributed by atoms with E-state index in [0.29, 0.717) is 11.8 Å². The summed E-state index contributed by atoms with van der Waals surface area (Å²) >= 11 is 0.635. The number of carbonyl (C=O) groups excluding carboxylic acids is 3. The van der Waals surface area contributed by atoms with Crippen molar-refractivity contribution in [3.05, 3.63) is 77.0 Å². The summed E-state index contributed by atoms with van der Waals surface area (Å²) in [5.41, 5.74) is 2.05. The third-order valence-corrected chi connectivity index (χ3v) is 4.18. The number of thioether (sulfide) groups is 1. The molecule has 0 radical (unpaired) electrons. The van der Waals surface area contributed by atoms with Crippen molar-refractivity contribution in [1.82, 2.24) is 5.32 Å². The zero-order valence-electron chi connectivity index (χ0n) is 12.9. The van der Waals surface area contributed by atoms with Crippen molar-refractivity contribution in [2.24, 2.45) is 0 Å². The van der Waals surface area contributed by atoms with Gasteiger partial charge in [-0.2, -0.15) is 0 Å². The molecule has 1 aliphatic rings. The molecular formula is C19H13NO4S. The van der Waals surface area contributed by atoms with Crippen molar-refractivity contribution in [3.63, 3.8) is 0 Å². The SMILES string of the molecule is O=C1NC(=Cc2ccc(/C=C/C(=O)c3ccccc3O)cc2)C(=O)S1. The van der Waals surface area contributed by atoms with Crippen LogP contribution in [0.3, 0.4) is 0 Å². The zero-order valence-corrected chi connectivity index (χ0v) is 13.7. The predicted octanol–water partition coefficient (Wildman–Crippen LogP) is 3.61. The molecule has 25 heavy (non-hydrogen) atoms. The summed E-state index contributed by atoms with van der Waals surface area (Å²) in [5, 5.41) is 11.5. The Hall–Kier alpha value is -3.12. The molecule has 2 N–H and O–H groups in total. The van der Waals surface area contributed by atoms with Gasteiger partial charge in [-0.1, -0.05) is 42.5 Å². The van der Waals surface area contributed by atoms with Crippen LogP contribution in [0.5, 0.6) is 5.75 Å². The molecule has 2 aromatic carbocycles. The Bertz CT molecular complexity index is 913. The van der Waals surface area contributed by atoms with Gasteiger partial charge in [-0.25, -0.2) is 0 Å². The number of benzene rings is 2. The van der Waals surface area contributed by atoms with Gasteiger partial charge in [0.25, 0.3) is 5.24 Å². The predicted molar refractivity (Wildman–Crippen MR) is 97.0 cm³/mol. The lowest BCUT2D eigenvalue weighted by Gasteiger charge is -2.00. The Kier molecular flexibility index (Phi) is 4.81. The van der Waals surface area contributed by atoms with Gasteiger partial charge in [0.2, 0.25) is 5.12 Å². The van der Waals surface area contributed by atoms with Gasteiger partial charge in [0.1, 0.15) is 5.75 Å². The van der Waals surface area contributed by atoms with Gasteiger partial charge in [0.15, 0.2) is 5.78 Å². The quantitative estimate of drug-likeness (QED) is 0.649. The summed E-state index contributed by atoms with van der Waals surface area (Å²) in [7, 11) is 0. The number of phenols is 1. The highest BCUT2D eigenvalue weighted by Gasteiger charge is 2.24. The molecule has 0 bridgehead atoms. The van der Waals surface area contributed by atoms with Gasteiger partial charge >= 0.3 is 0 Å². The Labute approximate surface area is 148 Å². The third-order valence-electron chi connectivity index (χ3n) is 3.49. The first-order valence-corrected chi connectivity index (χ1v) is 8.20. The highest BCUT2D eigenvalue weighted by atomic mass is 32.2. The molecule has 124 valence electrons. The summed E-state index contributed by atoms with van der Waals surface area (Å²) in [5.74, 6) is -0.346. The molecule has 0 unspecified atom stereocenters. The summed E-state index contributed by atoms with van der Waals surface area (Å²) in [6.07, 6.45) is 4.63. The lowest BCUT2D eigenvalue weighted by atomic mass is 10.1. The lowest BCUT2D eigenvalue weighted by Crippen LogP contribution is -2.10. The first-order chi connectivity index (χ1) is 12.0. The van der Waals surface area contributed by atoms with Crippen molar-refractivity contribution < 1.29 is 19.5 Å². The van der Waals surface area contributed by atoms with Crippen LogP contribution in [0.2, 0.25) is 0 Å². The van der Waals surface area contributed by atoms with Crippen LogP contribution in [-0.2, 0) is 4.79 Å². The molecular weight excluding hydrogens is 338 g/mol. The van der Waals surface area contributed by atoms with Crippen LogP contribution >= 0.6 is 11.8 Å². The number of phenolic OH excluding ortho intramolecular Hbond substituents is 1.